The lowest BCUT2D eigenvalue weighted by Gasteiger charge is -2.23. The van der Waals surface area contributed by atoms with Gasteiger partial charge in [-0.05, 0) is 43.9 Å². The zero-order chi connectivity index (χ0) is 24.3. The number of nitrogens with zero attached hydrogens (tertiary/aromatic N) is 3. The molecule has 1 unspecified atom stereocenters. The Morgan fingerprint density at radius 2 is 1.88 bits per heavy atom. The number of aliphatic hydroxyl groups is 1. The number of benzene rings is 1. The van der Waals surface area contributed by atoms with Crippen LogP contribution in [0.1, 0.15) is 69.4 Å². The zero-order valence-electron chi connectivity index (χ0n) is 19.3. The normalized spacial score (nSPS) is 16.5. The summed E-state index contributed by atoms with van der Waals surface area (Å²) in [6.07, 6.45) is 3.36. The molecule has 1 fully saturated rings. The van der Waals surface area contributed by atoms with Gasteiger partial charge >= 0.3 is 6.18 Å². The number of nitrogens with one attached hydrogen (secondary N) is 1. The molecule has 0 amide bonds. The average molecular weight is 491 g/mol. The molecule has 1 saturated carbocycles. The maximum atomic E-state index is 13.4. The summed E-state index contributed by atoms with van der Waals surface area (Å²) in [6.45, 7) is 3.86. The van der Waals surface area contributed by atoms with Crippen LogP contribution in [0, 0.1) is 0 Å². The molecule has 1 atom stereocenters. The highest BCUT2D eigenvalue weighted by Gasteiger charge is 2.34. The van der Waals surface area contributed by atoms with Crippen LogP contribution in [-0.2, 0) is 11.8 Å². The van der Waals surface area contributed by atoms with E-state index in [9.17, 15) is 18.3 Å². The van der Waals surface area contributed by atoms with Gasteiger partial charge in [0.2, 0.25) is 5.95 Å². The summed E-state index contributed by atoms with van der Waals surface area (Å²) >= 11 is 1.28. The standard InChI is InChI=1S/C25H29F3N4OS/c1-3-13-24(33,4-2)22-32-20(16-8-7-9-17(15-16)25(26,27)28)21(34-22)19-12-14-29-23(31-19)30-18-10-5-6-11-18/h7-9,12,14-15,18,33H,3-6,10-11,13H2,1-2H3,(H,29,30,31). The summed E-state index contributed by atoms with van der Waals surface area (Å²) in [6, 6.07) is 7.20. The summed E-state index contributed by atoms with van der Waals surface area (Å²) in [5.74, 6) is 0.494. The lowest BCUT2D eigenvalue weighted by atomic mass is 9.96. The lowest BCUT2D eigenvalue weighted by molar-refractivity contribution is -0.137. The highest BCUT2D eigenvalue weighted by molar-refractivity contribution is 7.15. The molecular formula is C25H29F3N4OS. The second-order valence-corrected chi connectivity index (χ2v) is 9.80. The maximum absolute atomic E-state index is 13.4. The minimum Gasteiger partial charge on any atom is -0.383 e. The van der Waals surface area contributed by atoms with E-state index in [1.54, 1.807) is 18.3 Å². The largest absolute Gasteiger partial charge is 0.416 e. The molecule has 3 aromatic rings. The second kappa shape index (κ2) is 10.00. The SMILES string of the molecule is CCCC(O)(CC)c1nc(-c2cccc(C(F)(F)F)c2)c(-c2ccnc(NC3CCCC3)n2)s1. The van der Waals surface area contributed by atoms with Gasteiger partial charge in [0.1, 0.15) is 10.6 Å². The first-order valence-corrected chi connectivity index (χ1v) is 12.6. The van der Waals surface area contributed by atoms with Gasteiger partial charge < -0.3 is 10.4 Å². The Labute approximate surface area is 201 Å². The van der Waals surface area contributed by atoms with Crippen molar-refractivity contribution in [1.82, 2.24) is 15.0 Å². The van der Waals surface area contributed by atoms with Gasteiger partial charge in [-0.3, -0.25) is 0 Å². The second-order valence-electron chi connectivity index (χ2n) is 8.80. The first-order valence-electron chi connectivity index (χ1n) is 11.7. The van der Waals surface area contributed by atoms with Crippen LogP contribution in [-0.4, -0.2) is 26.1 Å². The molecule has 9 heteroatoms. The average Bonchev–Trinajstić information content (AvgIpc) is 3.49. The predicted octanol–water partition coefficient (Wildman–Crippen LogP) is 7.04. The number of halogens is 3. The van der Waals surface area contributed by atoms with E-state index >= 15 is 0 Å². The number of hydrogen-bond acceptors (Lipinski definition) is 6. The number of hydrogen-bond donors (Lipinski definition) is 2. The molecular weight excluding hydrogens is 461 g/mol. The fourth-order valence-corrected chi connectivity index (χ4v) is 5.63. The number of aromatic nitrogens is 3. The molecule has 1 aliphatic carbocycles. The summed E-state index contributed by atoms with van der Waals surface area (Å²) in [7, 11) is 0. The van der Waals surface area contributed by atoms with Gasteiger partial charge in [-0.15, -0.1) is 11.3 Å². The first-order chi connectivity index (χ1) is 16.2. The molecule has 2 N–H and O–H groups in total. The van der Waals surface area contributed by atoms with Crippen molar-refractivity contribution in [3.8, 4) is 21.8 Å². The van der Waals surface area contributed by atoms with Crippen molar-refractivity contribution in [3.63, 3.8) is 0 Å². The fourth-order valence-electron chi connectivity index (χ4n) is 4.39. The van der Waals surface area contributed by atoms with Gasteiger partial charge in [0.25, 0.3) is 0 Å². The number of alkyl halides is 3. The van der Waals surface area contributed by atoms with E-state index in [4.69, 9.17) is 4.98 Å². The van der Waals surface area contributed by atoms with E-state index in [1.807, 2.05) is 13.8 Å². The monoisotopic (exact) mass is 490 g/mol. The van der Waals surface area contributed by atoms with Crippen LogP contribution in [0.5, 0.6) is 0 Å². The molecule has 4 rings (SSSR count). The van der Waals surface area contributed by atoms with Crippen LogP contribution in [0.3, 0.4) is 0 Å². The molecule has 5 nitrogen and oxygen atoms in total. The van der Waals surface area contributed by atoms with Crippen LogP contribution in [0.25, 0.3) is 21.8 Å². The molecule has 1 aromatic carbocycles. The highest BCUT2D eigenvalue weighted by atomic mass is 32.1. The van der Waals surface area contributed by atoms with Crippen molar-refractivity contribution < 1.29 is 18.3 Å². The van der Waals surface area contributed by atoms with Crippen molar-refractivity contribution in [2.45, 2.75) is 76.6 Å². The quantitative estimate of drug-likeness (QED) is 0.354. The van der Waals surface area contributed by atoms with Crippen molar-refractivity contribution in [1.29, 1.82) is 0 Å². The van der Waals surface area contributed by atoms with Crippen LogP contribution < -0.4 is 5.32 Å². The molecule has 2 heterocycles. The van der Waals surface area contributed by atoms with Gasteiger partial charge in [-0.2, -0.15) is 13.2 Å². The van der Waals surface area contributed by atoms with Crippen LogP contribution >= 0.6 is 11.3 Å². The summed E-state index contributed by atoms with van der Waals surface area (Å²) < 4.78 is 40.2. The predicted molar refractivity (Wildman–Crippen MR) is 129 cm³/mol. The minimum absolute atomic E-state index is 0.324. The van der Waals surface area contributed by atoms with Crippen LogP contribution in [0.15, 0.2) is 36.5 Å². The molecule has 0 spiro atoms. The van der Waals surface area contributed by atoms with Crippen molar-refractivity contribution in [2.75, 3.05) is 5.32 Å². The van der Waals surface area contributed by atoms with Crippen LogP contribution in [0.2, 0.25) is 0 Å². The third kappa shape index (κ3) is 5.25. The highest BCUT2D eigenvalue weighted by Crippen LogP contribution is 2.43. The third-order valence-corrected chi connectivity index (χ3v) is 7.58. The van der Waals surface area contributed by atoms with Gasteiger partial charge in [0.15, 0.2) is 0 Å². The Morgan fingerprint density at radius 3 is 2.56 bits per heavy atom. The van der Waals surface area contributed by atoms with E-state index in [0.717, 1.165) is 31.4 Å². The van der Waals surface area contributed by atoms with Gasteiger partial charge in [-0.25, -0.2) is 15.0 Å². The molecule has 0 radical (unpaired) electrons. The van der Waals surface area contributed by atoms with Crippen molar-refractivity contribution in [2.24, 2.45) is 0 Å². The maximum Gasteiger partial charge on any atom is 0.416 e. The molecule has 0 saturated heterocycles. The minimum atomic E-state index is -4.46. The van der Waals surface area contributed by atoms with E-state index in [0.29, 0.717) is 51.7 Å². The molecule has 1 aliphatic rings. The van der Waals surface area contributed by atoms with Crippen molar-refractivity contribution in [3.05, 3.63) is 47.1 Å². The molecule has 182 valence electrons. The Hall–Kier alpha value is -2.52. The van der Waals surface area contributed by atoms with Crippen molar-refractivity contribution >= 4 is 17.3 Å². The summed E-state index contributed by atoms with van der Waals surface area (Å²) in [5, 5.41) is 15.1. The zero-order valence-corrected chi connectivity index (χ0v) is 20.1. The first kappa shape index (κ1) is 24.6. The number of anilines is 1. The molecule has 34 heavy (non-hydrogen) atoms. The van der Waals surface area contributed by atoms with E-state index in [-0.39, 0.29) is 0 Å². The number of thiazole rings is 1. The Morgan fingerprint density at radius 1 is 1.12 bits per heavy atom. The van der Waals surface area contributed by atoms with Crippen LogP contribution in [0.4, 0.5) is 19.1 Å². The van der Waals surface area contributed by atoms with Gasteiger partial charge in [0, 0.05) is 17.8 Å². The molecule has 0 aliphatic heterocycles. The number of rotatable bonds is 8. The molecule has 0 bridgehead atoms. The Kier molecular flexibility index (Phi) is 7.23. The Balaban J connectivity index is 1.81. The van der Waals surface area contributed by atoms with E-state index in [2.05, 4.69) is 15.3 Å². The van der Waals surface area contributed by atoms with Gasteiger partial charge in [0.05, 0.1) is 21.8 Å². The fraction of sp³-hybridized carbons (Fsp3) is 0.480. The third-order valence-electron chi connectivity index (χ3n) is 6.31. The Bertz CT molecular complexity index is 1130. The van der Waals surface area contributed by atoms with E-state index < -0.39 is 17.3 Å². The summed E-state index contributed by atoms with van der Waals surface area (Å²) in [4.78, 5) is 14.3. The summed E-state index contributed by atoms with van der Waals surface area (Å²) in [5.41, 5.74) is -0.588. The topological polar surface area (TPSA) is 70.9 Å². The van der Waals surface area contributed by atoms with Gasteiger partial charge in [-0.1, -0.05) is 45.2 Å². The molecule has 2 aromatic heterocycles. The van der Waals surface area contributed by atoms with E-state index in [1.165, 1.54) is 30.2 Å². The lowest BCUT2D eigenvalue weighted by Crippen LogP contribution is -2.24. The smallest absolute Gasteiger partial charge is 0.383 e.